The first-order valence-corrected chi connectivity index (χ1v) is 8.89. The highest BCUT2D eigenvalue weighted by molar-refractivity contribution is 14.0. The number of carbonyl (C=O) groups excluding carboxylic acids is 2. The van der Waals surface area contributed by atoms with Crippen LogP contribution in [0, 0.1) is 0 Å². The van der Waals surface area contributed by atoms with Crippen molar-refractivity contribution in [3.8, 4) is 0 Å². The summed E-state index contributed by atoms with van der Waals surface area (Å²) in [7, 11) is 1.68. The lowest BCUT2D eigenvalue weighted by atomic mass is 10.1. The summed E-state index contributed by atoms with van der Waals surface area (Å²) in [4.78, 5) is 29.4. The van der Waals surface area contributed by atoms with Crippen molar-refractivity contribution in [2.24, 2.45) is 4.99 Å². The van der Waals surface area contributed by atoms with Crippen molar-refractivity contribution in [3.63, 3.8) is 0 Å². The van der Waals surface area contributed by atoms with Crippen LogP contribution in [0.3, 0.4) is 0 Å². The quantitative estimate of drug-likeness (QED) is 0.304. The summed E-state index contributed by atoms with van der Waals surface area (Å²) in [6, 6.07) is 0.325. The summed E-state index contributed by atoms with van der Waals surface area (Å²) < 4.78 is 5.32. The Kier molecular flexibility index (Phi) is 10.9. The number of guanidine groups is 1. The van der Waals surface area contributed by atoms with E-state index < -0.39 is 5.60 Å². The minimum atomic E-state index is -0.483. The third kappa shape index (κ3) is 9.44. The topological polar surface area (TPSA) is 95.1 Å². The summed E-state index contributed by atoms with van der Waals surface area (Å²) >= 11 is 0. The zero-order valence-corrected chi connectivity index (χ0v) is 19.0. The van der Waals surface area contributed by atoms with Gasteiger partial charge < -0.3 is 25.6 Å². The largest absolute Gasteiger partial charge is 0.444 e. The molecule has 0 radical (unpaired) electrons. The van der Waals surface area contributed by atoms with Crippen LogP contribution in [-0.4, -0.2) is 67.2 Å². The number of nitrogens with zero attached hydrogens (tertiary/aromatic N) is 2. The molecule has 8 nitrogen and oxygen atoms in total. The Labute approximate surface area is 173 Å². The van der Waals surface area contributed by atoms with Gasteiger partial charge in [0.15, 0.2) is 5.96 Å². The number of ether oxygens (including phenoxy) is 1. The molecule has 0 bridgehead atoms. The van der Waals surface area contributed by atoms with E-state index in [0.29, 0.717) is 32.0 Å². The smallest absolute Gasteiger partial charge is 0.410 e. The minimum absolute atomic E-state index is 0. The SMILES string of the molecule is CCC(C)NC(=O)CCNC(=NC)NC1CN(C(=O)OC(C)(C)C)C1.I. The monoisotopic (exact) mass is 483 g/mol. The molecule has 152 valence electrons. The Morgan fingerprint density at radius 3 is 2.42 bits per heavy atom. The first-order chi connectivity index (χ1) is 11.6. The second-order valence-electron chi connectivity index (χ2n) is 7.35. The summed E-state index contributed by atoms with van der Waals surface area (Å²) in [5.74, 6) is 0.655. The van der Waals surface area contributed by atoms with Crippen molar-refractivity contribution >= 4 is 41.9 Å². The van der Waals surface area contributed by atoms with Gasteiger partial charge in [0.2, 0.25) is 5.91 Å². The summed E-state index contributed by atoms with van der Waals surface area (Å²) in [5, 5.41) is 9.27. The number of hydrogen-bond donors (Lipinski definition) is 3. The first-order valence-electron chi connectivity index (χ1n) is 8.89. The molecule has 1 unspecified atom stereocenters. The molecule has 0 saturated carbocycles. The van der Waals surface area contributed by atoms with Crippen molar-refractivity contribution in [2.75, 3.05) is 26.7 Å². The van der Waals surface area contributed by atoms with Crippen molar-refractivity contribution in [2.45, 2.75) is 65.1 Å². The Morgan fingerprint density at radius 1 is 1.31 bits per heavy atom. The first kappa shape index (κ1) is 24.7. The van der Waals surface area contributed by atoms with Crippen molar-refractivity contribution in [1.29, 1.82) is 0 Å². The number of amides is 2. The molecule has 9 heteroatoms. The average Bonchev–Trinajstić information content (AvgIpc) is 2.46. The summed E-state index contributed by atoms with van der Waals surface area (Å²) in [5.41, 5.74) is -0.483. The minimum Gasteiger partial charge on any atom is -0.444 e. The van der Waals surface area contributed by atoms with Crippen LogP contribution in [0.15, 0.2) is 4.99 Å². The number of halogens is 1. The van der Waals surface area contributed by atoms with Gasteiger partial charge in [-0.3, -0.25) is 9.79 Å². The molecule has 0 spiro atoms. The van der Waals surface area contributed by atoms with Crippen LogP contribution in [-0.2, 0) is 9.53 Å². The van der Waals surface area contributed by atoms with E-state index >= 15 is 0 Å². The van der Waals surface area contributed by atoms with Gasteiger partial charge in [-0.05, 0) is 34.1 Å². The highest BCUT2D eigenvalue weighted by Crippen LogP contribution is 2.15. The molecule has 1 aliphatic rings. The number of nitrogens with one attached hydrogen (secondary N) is 3. The molecule has 0 aromatic rings. The molecule has 1 atom stereocenters. The fourth-order valence-corrected chi connectivity index (χ4v) is 2.18. The third-order valence-corrected chi connectivity index (χ3v) is 3.76. The molecular weight excluding hydrogens is 449 g/mol. The molecule has 1 fully saturated rings. The normalized spacial score (nSPS) is 16.1. The number of aliphatic imine (C=N–C) groups is 1. The van der Waals surface area contributed by atoms with Crippen molar-refractivity contribution in [3.05, 3.63) is 0 Å². The molecule has 0 aliphatic carbocycles. The van der Waals surface area contributed by atoms with Crippen LogP contribution in [0.4, 0.5) is 4.79 Å². The Balaban J connectivity index is 0.00000625. The Bertz CT molecular complexity index is 487. The van der Waals surface area contributed by atoms with Crippen molar-refractivity contribution < 1.29 is 14.3 Å². The van der Waals surface area contributed by atoms with E-state index in [2.05, 4.69) is 20.9 Å². The predicted molar refractivity (Wildman–Crippen MR) is 114 cm³/mol. The average molecular weight is 483 g/mol. The van der Waals surface area contributed by atoms with E-state index in [4.69, 9.17) is 4.74 Å². The Hall–Kier alpha value is -1.26. The number of hydrogen-bond acceptors (Lipinski definition) is 4. The van der Waals surface area contributed by atoms with E-state index in [0.717, 1.165) is 6.42 Å². The second kappa shape index (κ2) is 11.5. The molecule has 26 heavy (non-hydrogen) atoms. The van der Waals surface area contributed by atoms with E-state index in [1.165, 1.54) is 0 Å². The van der Waals surface area contributed by atoms with Gasteiger partial charge in [-0.25, -0.2) is 4.79 Å². The summed E-state index contributed by atoms with van der Waals surface area (Å²) in [6.07, 6.45) is 1.01. The van der Waals surface area contributed by atoms with Gasteiger partial charge >= 0.3 is 6.09 Å². The molecule has 1 aliphatic heterocycles. The van der Waals surface area contributed by atoms with Crippen LogP contribution in [0.5, 0.6) is 0 Å². The molecule has 1 rings (SSSR count). The fourth-order valence-electron chi connectivity index (χ4n) is 2.18. The molecular formula is C17H34IN5O3. The maximum atomic E-state index is 11.9. The van der Waals surface area contributed by atoms with Gasteiger partial charge in [0.05, 0.1) is 6.04 Å². The van der Waals surface area contributed by atoms with Crippen molar-refractivity contribution in [1.82, 2.24) is 20.9 Å². The molecule has 3 N–H and O–H groups in total. The lowest BCUT2D eigenvalue weighted by Crippen LogP contribution is -2.63. The summed E-state index contributed by atoms with van der Waals surface area (Å²) in [6.45, 7) is 11.2. The fraction of sp³-hybridized carbons (Fsp3) is 0.824. The highest BCUT2D eigenvalue weighted by Gasteiger charge is 2.34. The zero-order valence-electron chi connectivity index (χ0n) is 16.7. The van der Waals surface area contributed by atoms with Crippen LogP contribution < -0.4 is 16.0 Å². The molecule has 0 aromatic carbocycles. The van der Waals surface area contributed by atoms with Gasteiger partial charge in [0.25, 0.3) is 0 Å². The predicted octanol–water partition coefficient (Wildman–Crippen LogP) is 1.69. The second-order valence-corrected chi connectivity index (χ2v) is 7.35. The standard InChI is InChI=1S/C17H33N5O3.HI/c1-7-12(2)20-14(23)8-9-19-15(18-6)21-13-10-22(11-13)16(24)25-17(3,4)5;/h12-13H,7-11H2,1-6H3,(H,20,23)(H2,18,19,21);1H. The number of carbonyl (C=O) groups is 2. The van der Waals surface area contributed by atoms with Gasteiger partial charge in [-0.1, -0.05) is 6.92 Å². The van der Waals surface area contributed by atoms with E-state index in [1.54, 1.807) is 11.9 Å². The van der Waals surface area contributed by atoms with Crippen LogP contribution in [0.25, 0.3) is 0 Å². The van der Waals surface area contributed by atoms with Crippen LogP contribution in [0.2, 0.25) is 0 Å². The molecule has 1 heterocycles. The van der Waals surface area contributed by atoms with Gasteiger partial charge in [-0.15, -0.1) is 24.0 Å². The van der Waals surface area contributed by atoms with E-state index in [-0.39, 0.29) is 48.1 Å². The van der Waals surface area contributed by atoms with Gasteiger partial charge in [0, 0.05) is 39.1 Å². The molecule has 0 aromatic heterocycles. The van der Waals surface area contributed by atoms with Crippen LogP contribution in [0.1, 0.15) is 47.5 Å². The zero-order chi connectivity index (χ0) is 19.0. The van der Waals surface area contributed by atoms with Gasteiger partial charge in [-0.2, -0.15) is 0 Å². The Morgan fingerprint density at radius 2 is 1.92 bits per heavy atom. The van der Waals surface area contributed by atoms with E-state index in [1.807, 2.05) is 34.6 Å². The number of likely N-dealkylation sites (tertiary alicyclic amines) is 1. The van der Waals surface area contributed by atoms with E-state index in [9.17, 15) is 9.59 Å². The molecule has 2 amide bonds. The lowest BCUT2D eigenvalue weighted by molar-refractivity contribution is -0.121. The third-order valence-electron chi connectivity index (χ3n) is 3.76. The molecule has 1 saturated heterocycles. The highest BCUT2D eigenvalue weighted by atomic mass is 127. The maximum absolute atomic E-state index is 11.9. The van der Waals surface area contributed by atoms with Crippen LogP contribution >= 0.6 is 24.0 Å². The maximum Gasteiger partial charge on any atom is 0.410 e. The lowest BCUT2D eigenvalue weighted by Gasteiger charge is -2.40. The number of rotatable bonds is 6. The van der Waals surface area contributed by atoms with Gasteiger partial charge in [0.1, 0.15) is 5.60 Å².